The molecule has 0 radical (unpaired) electrons. The summed E-state index contributed by atoms with van der Waals surface area (Å²) in [5.41, 5.74) is 0.470. The van der Waals surface area contributed by atoms with Crippen molar-refractivity contribution >= 4 is 46.3 Å². The highest BCUT2D eigenvalue weighted by molar-refractivity contribution is 7.12. The minimum atomic E-state index is -1.03. The van der Waals surface area contributed by atoms with Gasteiger partial charge in [0.25, 0.3) is 11.8 Å². The van der Waals surface area contributed by atoms with Gasteiger partial charge in [0.15, 0.2) is 6.04 Å². The fourth-order valence-electron chi connectivity index (χ4n) is 3.95. The van der Waals surface area contributed by atoms with Gasteiger partial charge in [0.05, 0.1) is 17.7 Å². The third-order valence-corrected chi connectivity index (χ3v) is 6.66. The number of benzene rings is 1. The Kier molecular flexibility index (Phi) is 7.47. The van der Waals surface area contributed by atoms with E-state index in [4.69, 9.17) is 16.0 Å². The zero-order valence-electron chi connectivity index (χ0n) is 17.8. The topological polar surface area (TPSA) is 91.7 Å². The highest BCUT2D eigenvalue weighted by Gasteiger charge is 2.36. The van der Waals surface area contributed by atoms with E-state index in [1.165, 1.54) is 22.5 Å². The zero-order chi connectivity index (χ0) is 23.2. The molecule has 172 valence electrons. The van der Waals surface area contributed by atoms with Gasteiger partial charge >= 0.3 is 0 Å². The summed E-state index contributed by atoms with van der Waals surface area (Å²) in [4.78, 5) is 41.1. The molecule has 0 spiro atoms. The van der Waals surface area contributed by atoms with Crippen molar-refractivity contribution in [1.82, 2.24) is 10.6 Å². The Hall–Kier alpha value is -3.10. The van der Waals surface area contributed by atoms with Crippen molar-refractivity contribution in [2.24, 2.45) is 0 Å². The first-order valence-electron chi connectivity index (χ1n) is 10.8. The molecular formula is C24H24ClN3O4S. The van der Waals surface area contributed by atoms with E-state index >= 15 is 0 Å². The molecule has 1 aliphatic carbocycles. The molecule has 2 aromatic heterocycles. The maximum atomic E-state index is 13.4. The Morgan fingerprint density at radius 3 is 2.48 bits per heavy atom. The lowest BCUT2D eigenvalue weighted by atomic mass is 10.1. The molecular weight excluding hydrogens is 462 g/mol. The van der Waals surface area contributed by atoms with E-state index in [2.05, 4.69) is 10.6 Å². The van der Waals surface area contributed by atoms with E-state index in [1.54, 1.807) is 53.9 Å². The highest BCUT2D eigenvalue weighted by atomic mass is 35.5. The van der Waals surface area contributed by atoms with Crippen LogP contribution >= 0.6 is 22.9 Å². The Bertz CT molecular complexity index is 1080. The predicted molar refractivity (Wildman–Crippen MR) is 127 cm³/mol. The number of halogens is 1. The highest BCUT2D eigenvalue weighted by Crippen LogP contribution is 2.30. The molecule has 1 aromatic carbocycles. The fourth-order valence-corrected chi connectivity index (χ4v) is 4.71. The van der Waals surface area contributed by atoms with Gasteiger partial charge in [0, 0.05) is 16.8 Å². The Morgan fingerprint density at radius 2 is 1.85 bits per heavy atom. The van der Waals surface area contributed by atoms with Crippen molar-refractivity contribution in [2.45, 2.75) is 37.8 Å². The van der Waals surface area contributed by atoms with Gasteiger partial charge in [-0.1, -0.05) is 30.5 Å². The summed E-state index contributed by atoms with van der Waals surface area (Å²) in [6.45, 7) is -0.284. The van der Waals surface area contributed by atoms with E-state index in [0.29, 0.717) is 21.3 Å². The van der Waals surface area contributed by atoms with E-state index < -0.39 is 11.9 Å². The van der Waals surface area contributed by atoms with Crippen molar-refractivity contribution < 1.29 is 18.8 Å². The summed E-state index contributed by atoms with van der Waals surface area (Å²) in [5, 5.41) is 8.01. The molecule has 33 heavy (non-hydrogen) atoms. The first kappa shape index (κ1) is 23.1. The van der Waals surface area contributed by atoms with E-state index in [0.717, 1.165) is 25.7 Å². The van der Waals surface area contributed by atoms with Crippen molar-refractivity contribution in [1.29, 1.82) is 0 Å². The molecule has 1 aliphatic rings. The van der Waals surface area contributed by atoms with Crippen LogP contribution in [0.15, 0.2) is 64.6 Å². The molecule has 4 rings (SSSR count). The molecule has 3 amide bonds. The van der Waals surface area contributed by atoms with Crippen LogP contribution in [-0.4, -0.2) is 30.3 Å². The second-order valence-corrected chi connectivity index (χ2v) is 9.19. The van der Waals surface area contributed by atoms with Gasteiger partial charge in [-0.15, -0.1) is 11.3 Å². The van der Waals surface area contributed by atoms with Gasteiger partial charge < -0.3 is 15.1 Å². The summed E-state index contributed by atoms with van der Waals surface area (Å²) < 4.78 is 5.58. The summed E-state index contributed by atoms with van der Waals surface area (Å²) in [6, 6.07) is 12.5. The average molecular weight is 486 g/mol. The largest absolute Gasteiger partial charge is 0.467 e. The SMILES string of the molecule is O=C(NCC(=O)N(c1ccc(Cl)cc1)[C@H](C(=O)NC1CCCC1)c1ccco1)c1cccs1. The van der Waals surface area contributed by atoms with Crippen LogP contribution in [0.2, 0.25) is 5.02 Å². The Balaban J connectivity index is 1.63. The number of hydrogen-bond acceptors (Lipinski definition) is 5. The number of furan rings is 1. The quantitative estimate of drug-likeness (QED) is 0.489. The molecule has 0 aliphatic heterocycles. The molecule has 0 bridgehead atoms. The number of thiophene rings is 1. The van der Waals surface area contributed by atoms with Crippen LogP contribution in [0.1, 0.15) is 47.2 Å². The maximum Gasteiger partial charge on any atom is 0.261 e. The molecule has 1 atom stereocenters. The summed E-state index contributed by atoms with van der Waals surface area (Å²) >= 11 is 7.34. The van der Waals surface area contributed by atoms with Crippen molar-refractivity contribution in [2.75, 3.05) is 11.4 Å². The Labute approximate surface area is 200 Å². The number of carbonyl (C=O) groups is 3. The van der Waals surface area contributed by atoms with Gasteiger partial charge in [-0.25, -0.2) is 0 Å². The summed E-state index contributed by atoms with van der Waals surface area (Å²) in [6.07, 6.45) is 5.40. The number of carbonyl (C=O) groups excluding carboxylic acids is 3. The number of anilines is 1. The van der Waals surface area contributed by atoms with Gasteiger partial charge in [0.2, 0.25) is 5.91 Å². The van der Waals surface area contributed by atoms with Gasteiger partial charge in [-0.05, 0) is 60.7 Å². The first-order chi connectivity index (χ1) is 16.0. The van der Waals surface area contributed by atoms with Crippen LogP contribution in [0, 0.1) is 0 Å². The van der Waals surface area contributed by atoms with Crippen LogP contribution in [0.4, 0.5) is 5.69 Å². The zero-order valence-corrected chi connectivity index (χ0v) is 19.4. The smallest absolute Gasteiger partial charge is 0.261 e. The monoisotopic (exact) mass is 485 g/mol. The molecule has 2 N–H and O–H groups in total. The number of rotatable bonds is 8. The Morgan fingerprint density at radius 1 is 1.09 bits per heavy atom. The van der Waals surface area contributed by atoms with Crippen molar-refractivity contribution in [3.8, 4) is 0 Å². The minimum Gasteiger partial charge on any atom is -0.467 e. The van der Waals surface area contributed by atoms with Crippen LogP contribution in [0.25, 0.3) is 0 Å². The molecule has 9 heteroatoms. The number of hydrogen-bond donors (Lipinski definition) is 2. The molecule has 1 saturated carbocycles. The number of amides is 3. The van der Waals surface area contributed by atoms with Crippen molar-refractivity contribution in [3.05, 3.63) is 75.8 Å². The molecule has 7 nitrogen and oxygen atoms in total. The summed E-state index contributed by atoms with van der Waals surface area (Å²) in [7, 11) is 0. The van der Waals surface area contributed by atoms with Crippen LogP contribution in [0.3, 0.4) is 0 Å². The van der Waals surface area contributed by atoms with E-state index in [-0.39, 0.29) is 24.4 Å². The molecule has 0 saturated heterocycles. The van der Waals surface area contributed by atoms with Gasteiger partial charge in [-0.3, -0.25) is 19.3 Å². The maximum absolute atomic E-state index is 13.4. The standard InChI is InChI=1S/C24H24ClN3O4S/c25-16-9-11-18(12-10-16)28(21(29)15-26-23(30)20-8-4-14-33-20)22(19-7-3-13-32-19)24(31)27-17-5-1-2-6-17/h3-4,7-14,17,22H,1-2,5-6,15H2,(H,26,30)(H,27,31)/t22-/m0/s1. The second kappa shape index (κ2) is 10.7. The molecule has 0 unspecified atom stereocenters. The fraction of sp³-hybridized carbons (Fsp3) is 0.292. The predicted octanol–water partition coefficient (Wildman–Crippen LogP) is 4.56. The molecule has 1 fully saturated rings. The lowest BCUT2D eigenvalue weighted by Crippen LogP contribution is -2.49. The van der Waals surface area contributed by atoms with Crippen LogP contribution in [-0.2, 0) is 9.59 Å². The molecule has 3 aromatic rings. The third-order valence-electron chi connectivity index (χ3n) is 5.54. The number of nitrogens with zero attached hydrogens (tertiary/aromatic N) is 1. The lowest BCUT2D eigenvalue weighted by Gasteiger charge is -2.31. The normalized spacial score (nSPS) is 14.6. The minimum absolute atomic E-state index is 0.0654. The average Bonchev–Trinajstić information content (AvgIpc) is 3.60. The van der Waals surface area contributed by atoms with Crippen LogP contribution in [0.5, 0.6) is 0 Å². The number of nitrogens with one attached hydrogen (secondary N) is 2. The van der Waals surface area contributed by atoms with Crippen molar-refractivity contribution in [3.63, 3.8) is 0 Å². The summed E-state index contributed by atoms with van der Waals surface area (Å²) in [5.74, 6) is -0.798. The lowest BCUT2D eigenvalue weighted by molar-refractivity contribution is -0.127. The third kappa shape index (κ3) is 5.64. The molecule has 2 heterocycles. The van der Waals surface area contributed by atoms with E-state index in [9.17, 15) is 14.4 Å². The van der Waals surface area contributed by atoms with Crippen LogP contribution < -0.4 is 15.5 Å². The van der Waals surface area contributed by atoms with Gasteiger partial charge in [-0.2, -0.15) is 0 Å². The van der Waals surface area contributed by atoms with E-state index in [1.807, 2.05) is 0 Å². The second-order valence-electron chi connectivity index (χ2n) is 7.81. The first-order valence-corrected chi connectivity index (χ1v) is 12.0. The van der Waals surface area contributed by atoms with Gasteiger partial charge in [0.1, 0.15) is 5.76 Å².